The fraction of sp³-hybridized carbons (Fsp3) is 0.615. The Labute approximate surface area is 218 Å². The van der Waals surface area contributed by atoms with Crippen molar-refractivity contribution >= 4 is 34.5 Å². The van der Waals surface area contributed by atoms with Crippen molar-refractivity contribution in [3.8, 4) is 0 Å². The summed E-state index contributed by atoms with van der Waals surface area (Å²) in [6.45, 7) is 8.19. The van der Waals surface area contributed by atoms with Crippen molar-refractivity contribution in [3.63, 3.8) is 0 Å². The molecule has 1 amide bonds. The number of nitrogens with one attached hydrogen (secondary N) is 2. The van der Waals surface area contributed by atoms with Gasteiger partial charge in [0, 0.05) is 26.1 Å². The van der Waals surface area contributed by atoms with Gasteiger partial charge in [0.2, 0.25) is 0 Å². The molecule has 2 atom stereocenters. The topological polar surface area (TPSA) is 131 Å². The quantitative estimate of drug-likeness (QED) is 0.193. The Morgan fingerprint density at radius 1 is 1.14 bits per heavy atom. The van der Waals surface area contributed by atoms with Crippen molar-refractivity contribution in [2.75, 3.05) is 19.6 Å². The third-order valence-corrected chi connectivity index (χ3v) is 6.67. The van der Waals surface area contributed by atoms with Crippen molar-refractivity contribution in [2.24, 2.45) is 5.73 Å². The van der Waals surface area contributed by atoms with E-state index in [1.807, 2.05) is 30.3 Å². The molecule has 0 spiro atoms. The van der Waals surface area contributed by atoms with Crippen LogP contribution in [-0.4, -0.2) is 70.6 Å². The Balaban J connectivity index is 2.13. The molecule has 2 rings (SSSR count). The summed E-state index contributed by atoms with van der Waals surface area (Å²) >= 11 is 5.69. The summed E-state index contributed by atoms with van der Waals surface area (Å²) in [5, 5.41) is 5.65. The van der Waals surface area contributed by atoms with E-state index in [0.29, 0.717) is 32.5 Å². The molecule has 10 heteroatoms. The minimum absolute atomic E-state index is 0.0107. The lowest BCUT2D eigenvalue weighted by Crippen LogP contribution is -2.63. The first-order chi connectivity index (χ1) is 16.9. The molecule has 2 unspecified atom stereocenters. The smallest absolute Gasteiger partial charge is 0.316 e. The van der Waals surface area contributed by atoms with Gasteiger partial charge >= 0.3 is 11.3 Å². The number of amides is 1. The number of benzene rings is 1. The number of nitrogens with zero attached hydrogens (tertiary/aromatic N) is 1. The molecule has 1 fully saturated rings. The number of likely N-dealkylation sites (tertiary alicyclic amines) is 1. The van der Waals surface area contributed by atoms with Gasteiger partial charge in [-0.3, -0.25) is 24.5 Å². The van der Waals surface area contributed by atoms with Crippen molar-refractivity contribution in [1.29, 1.82) is 0 Å². The highest BCUT2D eigenvalue weighted by Crippen LogP contribution is 2.25. The van der Waals surface area contributed by atoms with Crippen LogP contribution in [0.2, 0.25) is 0 Å². The second-order valence-electron chi connectivity index (χ2n) is 10.2. The monoisotopic (exact) mass is 522 g/mol. The van der Waals surface area contributed by atoms with Crippen LogP contribution in [0.1, 0.15) is 58.9 Å². The van der Waals surface area contributed by atoms with E-state index in [-0.39, 0.29) is 31.0 Å². The number of esters is 1. The summed E-state index contributed by atoms with van der Waals surface area (Å²) in [6, 6.07) is 7.84. The van der Waals surface area contributed by atoms with Gasteiger partial charge in [0.15, 0.2) is 11.6 Å². The summed E-state index contributed by atoms with van der Waals surface area (Å²) in [4.78, 5) is 52.6. The van der Waals surface area contributed by atoms with Crippen LogP contribution >= 0.6 is 11.6 Å². The lowest BCUT2D eigenvalue weighted by Gasteiger charge is -2.37. The van der Waals surface area contributed by atoms with Gasteiger partial charge in [0.25, 0.3) is 0 Å². The second kappa shape index (κ2) is 13.3. The molecule has 9 nitrogen and oxygen atoms in total. The van der Waals surface area contributed by atoms with Crippen LogP contribution in [0, 0.1) is 0 Å². The van der Waals surface area contributed by atoms with E-state index in [4.69, 9.17) is 22.1 Å². The Bertz CT molecular complexity index is 922. The van der Waals surface area contributed by atoms with E-state index in [2.05, 4.69) is 10.6 Å². The number of ketones is 2. The zero-order chi connectivity index (χ0) is 26.9. The van der Waals surface area contributed by atoms with Crippen LogP contribution in [0.5, 0.6) is 0 Å². The van der Waals surface area contributed by atoms with Gasteiger partial charge in [0.05, 0.1) is 23.2 Å². The SMILES string of the molecule is CC(C)(NCCN)C(=O)C(CCC(=O)OCc1ccccc1)NC(C)(C)C(=O)C1CCCN1C(=O)Cl. The number of Topliss-reactive ketones (excluding diaryl/α,β-unsaturated/α-hetero) is 2. The predicted octanol–water partition coefficient (Wildman–Crippen LogP) is 2.54. The van der Waals surface area contributed by atoms with Crippen molar-refractivity contribution < 1.29 is 23.9 Å². The molecule has 200 valence electrons. The average molecular weight is 523 g/mol. The average Bonchev–Trinajstić information content (AvgIpc) is 3.34. The summed E-state index contributed by atoms with van der Waals surface area (Å²) < 4.78 is 5.37. The largest absolute Gasteiger partial charge is 0.461 e. The lowest BCUT2D eigenvalue weighted by atomic mass is 9.86. The zero-order valence-electron chi connectivity index (χ0n) is 21.6. The maximum Gasteiger partial charge on any atom is 0.316 e. The van der Waals surface area contributed by atoms with Gasteiger partial charge in [-0.1, -0.05) is 30.3 Å². The molecule has 1 aliphatic heterocycles. The van der Waals surface area contributed by atoms with Crippen LogP contribution in [0.25, 0.3) is 0 Å². The maximum absolute atomic E-state index is 13.5. The van der Waals surface area contributed by atoms with Gasteiger partial charge in [-0.05, 0) is 64.1 Å². The molecule has 0 radical (unpaired) electrons. The fourth-order valence-corrected chi connectivity index (χ4v) is 4.62. The Hall–Kier alpha value is -2.33. The van der Waals surface area contributed by atoms with E-state index in [0.717, 1.165) is 5.56 Å². The molecule has 1 saturated heterocycles. The molecule has 1 heterocycles. The minimum Gasteiger partial charge on any atom is -0.461 e. The van der Waals surface area contributed by atoms with Gasteiger partial charge in [-0.2, -0.15) is 0 Å². The number of halogens is 1. The van der Waals surface area contributed by atoms with Crippen molar-refractivity contribution in [3.05, 3.63) is 35.9 Å². The van der Waals surface area contributed by atoms with Crippen LogP contribution in [0.3, 0.4) is 0 Å². The minimum atomic E-state index is -1.15. The standard InChI is InChI=1S/C26H39ClN4O5/c1-25(2,29-15-14-28)22(33)19(12-13-21(32)36-17-18-9-6-5-7-10-18)30-26(3,4)23(34)20-11-8-16-31(20)24(27)35/h5-7,9-10,19-20,29-30H,8,11-17,28H2,1-4H3. The number of carbonyl (C=O) groups excluding carboxylic acids is 4. The summed E-state index contributed by atoms with van der Waals surface area (Å²) in [5.74, 6) is -0.874. The number of carbonyl (C=O) groups is 4. The van der Waals surface area contributed by atoms with E-state index < -0.39 is 34.5 Å². The van der Waals surface area contributed by atoms with Crippen LogP contribution in [0.15, 0.2) is 30.3 Å². The van der Waals surface area contributed by atoms with Crippen LogP contribution in [-0.2, 0) is 25.7 Å². The zero-order valence-corrected chi connectivity index (χ0v) is 22.4. The molecule has 4 N–H and O–H groups in total. The first-order valence-corrected chi connectivity index (χ1v) is 12.7. The summed E-state index contributed by atoms with van der Waals surface area (Å²) in [6.07, 6.45) is 1.32. The first kappa shape index (κ1) is 29.9. The van der Waals surface area contributed by atoms with Crippen LogP contribution < -0.4 is 16.4 Å². The molecule has 1 aromatic rings. The number of rotatable bonds is 14. The highest BCUT2D eigenvalue weighted by atomic mass is 35.5. The molecule has 0 aliphatic carbocycles. The van der Waals surface area contributed by atoms with Crippen molar-refractivity contribution in [2.45, 2.75) is 83.1 Å². The summed E-state index contributed by atoms with van der Waals surface area (Å²) in [7, 11) is 0. The van der Waals surface area contributed by atoms with Gasteiger partial charge in [-0.15, -0.1) is 0 Å². The Kier molecular flexibility index (Phi) is 11.0. The molecular weight excluding hydrogens is 484 g/mol. The maximum atomic E-state index is 13.5. The third kappa shape index (κ3) is 8.37. The molecule has 36 heavy (non-hydrogen) atoms. The van der Waals surface area contributed by atoms with E-state index in [1.54, 1.807) is 27.7 Å². The highest BCUT2D eigenvalue weighted by Gasteiger charge is 2.44. The second-order valence-corrected chi connectivity index (χ2v) is 10.5. The predicted molar refractivity (Wildman–Crippen MR) is 139 cm³/mol. The molecular formula is C26H39ClN4O5. The Morgan fingerprint density at radius 2 is 1.81 bits per heavy atom. The molecule has 0 bridgehead atoms. The van der Waals surface area contributed by atoms with E-state index >= 15 is 0 Å². The molecule has 0 aromatic heterocycles. The van der Waals surface area contributed by atoms with Crippen molar-refractivity contribution in [1.82, 2.24) is 15.5 Å². The molecule has 1 aromatic carbocycles. The summed E-state index contributed by atoms with van der Waals surface area (Å²) in [5.41, 5.74) is 4.36. The number of hydrogen-bond acceptors (Lipinski definition) is 8. The Morgan fingerprint density at radius 3 is 2.42 bits per heavy atom. The van der Waals surface area contributed by atoms with Gasteiger partial charge in [-0.25, -0.2) is 0 Å². The normalized spacial score (nSPS) is 17.1. The molecule has 1 aliphatic rings. The number of hydrogen-bond donors (Lipinski definition) is 3. The fourth-order valence-electron chi connectivity index (χ4n) is 4.42. The van der Waals surface area contributed by atoms with Gasteiger partial charge < -0.3 is 20.7 Å². The number of nitrogens with two attached hydrogens (primary N) is 1. The third-order valence-electron chi connectivity index (χ3n) is 6.46. The lowest BCUT2D eigenvalue weighted by molar-refractivity contribution is -0.145. The van der Waals surface area contributed by atoms with Crippen LogP contribution in [0.4, 0.5) is 4.79 Å². The highest BCUT2D eigenvalue weighted by molar-refractivity contribution is 6.63. The van der Waals surface area contributed by atoms with E-state index in [9.17, 15) is 19.2 Å². The number of ether oxygens (including phenoxy) is 1. The first-order valence-electron chi connectivity index (χ1n) is 12.4. The van der Waals surface area contributed by atoms with E-state index in [1.165, 1.54) is 4.90 Å². The molecule has 0 saturated carbocycles. The van der Waals surface area contributed by atoms with Gasteiger partial charge in [0.1, 0.15) is 6.61 Å².